The summed E-state index contributed by atoms with van der Waals surface area (Å²) in [5.74, 6) is 0.785. The molecule has 1 aliphatic rings. The lowest BCUT2D eigenvalue weighted by molar-refractivity contribution is 0.347. The number of benzene rings is 1. The second-order valence-corrected chi connectivity index (χ2v) is 8.42. The summed E-state index contributed by atoms with van der Waals surface area (Å²) in [7, 11) is 0. The molecule has 0 aliphatic carbocycles. The van der Waals surface area contributed by atoms with E-state index in [0.29, 0.717) is 9.87 Å². The van der Waals surface area contributed by atoms with Crippen molar-refractivity contribution in [2.75, 3.05) is 0 Å². The Balaban J connectivity index is 1.86. The summed E-state index contributed by atoms with van der Waals surface area (Å²) >= 11 is 6.97. The summed E-state index contributed by atoms with van der Waals surface area (Å²) in [6.45, 7) is 5.18. The van der Waals surface area contributed by atoms with Crippen LogP contribution in [0.2, 0.25) is 0 Å². The number of nitrogens with zero attached hydrogens (tertiary/aromatic N) is 3. The van der Waals surface area contributed by atoms with Crippen LogP contribution in [-0.4, -0.2) is 21.6 Å². The predicted molar refractivity (Wildman–Crippen MR) is 118 cm³/mol. The van der Waals surface area contributed by atoms with Crippen LogP contribution in [0.25, 0.3) is 6.08 Å². The lowest BCUT2D eigenvalue weighted by Crippen LogP contribution is -2.10. The molecule has 1 N–H and O–H groups in total. The van der Waals surface area contributed by atoms with E-state index in [1.165, 1.54) is 24.2 Å². The molecule has 1 aromatic carbocycles. The molecule has 1 aliphatic heterocycles. The van der Waals surface area contributed by atoms with Gasteiger partial charge in [0.05, 0.1) is 11.1 Å². The minimum atomic E-state index is 0.250. The Bertz CT molecular complexity index is 923. The van der Waals surface area contributed by atoms with Crippen LogP contribution in [0.15, 0.2) is 46.1 Å². The first-order valence-corrected chi connectivity index (χ1v) is 10.7. The van der Waals surface area contributed by atoms with E-state index in [0.717, 1.165) is 41.1 Å². The highest BCUT2D eigenvalue weighted by Gasteiger charge is 2.18. The van der Waals surface area contributed by atoms with Crippen LogP contribution < -0.4 is 0 Å². The highest BCUT2D eigenvalue weighted by Crippen LogP contribution is 2.31. The van der Waals surface area contributed by atoms with Gasteiger partial charge in [-0.3, -0.25) is 4.57 Å². The third kappa shape index (κ3) is 4.62. The third-order valence-electron chi connectivity index (χ3n) is 4.84. The van der Waals surface area contributed by atoms with E-state index in [9.17, 15) is 5.11 Å². The number of thiazole rings is 1. The number of aromatic hydroxyl groups is 1. The lowest BCUT2D eigenvalue weighted by Gasteiger charge is -2.15. The summed E-state index contributed by atoms with van der Waals surface area (Å²) in [6, 6.07) is 9.95. The zero-order valence-corrected chi connectivity index (χ0v) is 17.4. The largest absolute Gasteiger partial charge is 0.493 e. The van der Waals surface area contributed by atoms with Gasteiger partial charge in [0.25, 0.3) is 0 Å². The quantitative estimate of drug-likeness (QED) is 0.547. The summed E-state index contributed by atoms with van der Waals surface area (Å²) in [6.07, 6.45) is 8.31. The van der Waals surface area contributed by atoms with E-state index in [1.54, 1.807) is 6.21 Å². The van der Waals surface area contributed by atoms with Crippen molar-refractivity contribution in [1.82, 2.24) is 4.57 Å². The molecule has 2 heterocycles. The second kappa shape index (κ2) is 9.24. The highest BCUT2D eigenvalue weighted by atomic mass is 32.1. The van der Waals surface area contributed by atoms with Gasteiger partial charge in [-0.1, -0.05) is 63.4 Å². The number of rotatable bonds is 8. The van der Waals surface area contributed by atoms with Crippen molar-refractivity contribution in [1.29, 1.82) is 0 Å². The number of hydrogen-bond donors (Lipinski definition) is 1. The van der Waals surface area contributed by atoms with Crippen molar-refractivity contribution in [2.24, 2.45) is 16.1 Å². The maximum Gasteiger partial charge on any atom is 0.210 e. The van der Waals surface area contributed by atoms with Gasteiger partial charge in [0.1, 0.15) is 5.71 Å². The monoisotopic (exact) mass is 399 g/mol. The molecule has 0 bridgehead atoms. The van der Waals surface area contributed by atoms with Crippen molar-refractivity contribution < 1.29 is 5.11 Å². The van der Waals surface area contributed by atoms with Crippen LogP contribution in [0.1, 0.15) is 50.0 Å². The molecule has 0 radical (unpaired) electrons. The molecule has 0 saturated carbocycles. The van der Waals surface area contributed by atoms with Crippen molar-refractivity contribution in [3.05, 3.63) is 50.3 Å². The van der Waals surface area contributed by atoms with Gasteiger partial charge in [0.2, 0.25) is 5.88 Å². The molecule has 6 heteroatoms. The van der Waals surface area contributed by atoms with Gasteiger partial charge in [-0.15, -0.1) is 16.4 Å². The Morgan fingerprint density at radius 1 is 1.26 bits per heavy atom. The summed E-state index contributed by atoms with van der Waals surface area (Å²) < 4.78 is 2.59. The fraction of sp³-hybridized carbons (Fsp3) is 0.381. The van der Waals surface area contributed by atoms with Gasteiger partial charge in [-0.2, -0.15) is 5.10 Å². The summed E-state index contributed by atoms with van der Waals surface area (Å²) in [5.41, 5.74) is 2.71. The maximum atomic E-state index is 10.8. The van der Waals surface area contributed by atoms with Crippen molar-refractivity contribution in [3.8, 4) is 5.88 Å². The zero-order valence-electron chi connectivity index (χ0n) is 15.8. The van der Waals surface area contributed by atoms with Crippen LogP contribution in [0.3, 0.4) is 0 Å². The standard InChI is InChI=1S/C21H25N3OS2/c1-3-5-9-15(4-2)14-24-20(25)18(27-21(24)26)12-17-13-22-23-19(17)16-10-7-6-8-11-16/h6-8,10-13,15,25H,3-5,9,14H2,1-2H3/b17-12+/t15-/m0/s1. The molecule has 1 aromatic heterocycles. The fourth-order valence-electron chi connectivity index (χ4n) is 3.18. The van der Waals surface area contributed by atoms with Gasteiger partial charge in [-0.25, -0.2) is 0 Å². The minimum Gasteiger partial charge on any atom is -0.493 e. The lowest BCUT2D eigenvalue weighted by atomic mass is 9.99. The topological polar surface area (TPSA) is 49.9 Å². The highest BCUT2D eigenvalue weighted by molar-refractivity contribution is 7.73. The number of hydrogen-bond acceptors (Lipinski definition) is 5. The molecule has 142 valence electrons. The van der Waals surface area contributed by atoms with Crippen LogP contribution in [-0.2, 0) is 6.54 Å². The zero-order chi connectivity index (χ0) is 19.2. The van der Waals surface area contributed by atoms with E-state index in [4.69, 9.17) is 12.2 Å². The van der Waals surface area contributed by atoms with Gasteiger partial charge in [-0.05, 0) is 30.6 Å². The smallest absolute Gasteiger partial charge is 0.210 e. The number of aromatic nitrogens is 1. The van der Waals surface area contributed by atoms with Gasteiger partial charge in [0, 0.05) is 17.7 Å². The maximum absolute atomic E-state index is 10.8. The first-order chi connectivity index (χ1) is 13.1. The summed E-state index contributed by atoms with van der Waals surface area (Å²) in [5, 5.41) is 19.1. The molecular formula is C21H25N3OS2. The third-order valence-corrected chi connectivity index (χ3v) is 6.23. The van der Waals surface area contributed by atoms with Crippen LogP contribution >= 0.6 is 23.6 Å². The predicted octanol–water partition coefficient (Wildman–Crippen LogP) is 6.07. The van der Waals surface area contributed by atoms with Gasteiger partial charge in [0.15, 0.2) is 3.95 Å². The molecular weight excluding hydrogens is 374 g/mol. The Labute approximate surface area is 169 Å². The van der Waals surface area contributed by atoms with Crippen LogP contribution in [0.4, 0.5) is 0 Å². The minimum absolute atomic E-state index is 0.250. The van der Waals surface area contributed by atoms with E-state index in [-0.39, 0.29) is 5.88 Å². The number of allylic oxidation sites excluding steroid dienone is 1. The van der Waals surface area contributed by atoms with Crippen molar-refractivity contribution in [2.45, 2.75) is 46.1 Å². The molecule has 3 rings (SSSR count). The Morgan fingerprint density at radius 3 is 2.74 bits per heavy atom. The fourth-order valence-corrected chi connectivity index (χ4v) is 4.46. The molecule has 0 unspecified atom stereocenters. The van der Waals surface area contributed by atoms with Crippen molar-refractivity contribution >= 4 is 41.6 Å². The average molecular weight is 400 g/mol. The Morgan fingerprint density at radius 2 is 2.04 bits per heavy atom. The second-order valence-electron chi connectivity index (χ2n) is 6.74. The van der Waals surface area contributed by atoms with E-state index >= 15 is 0 Å². The Kier molecular flexibility index (Phi) is 6.74. The molecule has 2 aromatic rings. The molecule has 4 nitrogen and oxygen atoms in total. The summed E-state index contributed by atoms with van der Waals surface area (Å²) in [4.78, 5) is 0.761. The first kappa shape index (κ1) is 19.7. The average Bonchev–Trinajstić information content (AvgIpc) is 3.25. The van der Waals surface area contributed by atoms with Crippen LogP contribution in [0, 0.1) is 9.87 Å². The van der Waals surface area contributed by atoms with E-state index in [1.807, 2.05) is 41.0 Å². The number of unbranched alkanes of at least 4 members (excludes halogenated alkanes) is 1. The van der Waals surface area contributed by atoms with E-state index < -0.39 is 0 Å². The van der Waals surface area contributed by atoms with Crippen molar-refractivity contribution in [3.63, 3.8) is 0 Å². The molecule has 0 fully saturated rings. The van der Waals surface area contributed by atoms with Crippen LogP contribution in [0.5, 0.6) is 5.88 Å². The SMILES string of the molecule is CCCC[C@H](CC)Cn1c(O)c(/C=C2\C=NN=C2c2ccccc2)sc1=S. The molecule has 1 atom stereocenters. The molecule has 27 heavy (non-hydrogen) atoms. The van der Waals surface area contributed by atoms with E-state index in [2.05, 4.69) is 24.1 Å². The normalized spacial score (nSPS) is 16.1. The molecule has 0 amide bonds. The first-order valence-electron chi connectivity index (χ1n) is 9.45. The molecule has 0 saturated heterocycles. The molecule has 0 spiro atoms. The van der Waals surface area contributed by atoms with Gasteiger partial charge >= 0.3 is 0 Å². The Hall–Kier alpha value is -2.05. The van der Waals surface area contributed by atoms with Gasteiger partial charge < -0.3 is 5.11 Å².